The first kappa shape index (κ1) is 17.5. The maximum atomic E-state index is 12.7. The Morgan fingerprint density at radius 1 is 1.28 bits per heavy atom. The third-order valence-electron chi connectivity index (χ3n) is 4.79. The summed E-state index contributed by atoms with van der Waals surface area (Å²) in [7, 11) is 2.07. The normalized spacial score (nSPS) is 15.4. The largest absolute Gasteiger partial charge is 0.375 e. The van der Waals surface area contributed by atoms with Gasteiger partial charge in [0.05, 0.1) is 0 Å². The van der Waals surface area contributed by atoms with Gasteiger partial charge in [-0.05, 0) is 50.5 Å². The number of nitrogens with zero attached hydrogens (tertiary/aromatic N) is 4. The summed E-state index contributed by atoms with van der Waals surface area (Å²) in [6.45, 7) is 6.45. The van der Waals surface area contributed by atoms with Crippen molar-refractivity contribution in [3.05, 3.63) is 41.5 Å². The van der Waals surface area contributed by atoms with Gasteiger partial charge >= 0.3 is 0 Å². The van der Waals surface area contributed by atoms with Crippen molar-refractivity contribution in [1.29, 1.82) is 0 Å². The standard InChI is InChI=1S/C19H26N4O2/c1-4-11-22(3)17-7-5-16(6-8-17)19(24)23-12-9-15(10-13-23)18-20-14(2)21-25-18/h5-8,15H,4,9-13H2,1-3H3. The lowest BCUT2D eigenvalue weighted by Gasteiger charge is -2.30. The van der Waals surface area contributed by atoms with Gasteiger partial charge in [-0.3, -0.25) is 4.79 Å². The molecule has 1 fully saturated rings. The molecule has 25 heavy (non-hydrogen) atoms. The second-order valence-corrected chi connectivity index (χ2v) is 6.71. The van der Waals surface area contributed by atoms with Crippen LogP contribution in [0.5, 0.6) is 0 Å². The molecule has 134 valence electrons. The van der Waals surface area contributed by atoms with E-state index in [4.69, 9.17) is 4.52 Å². The number of likely N-dealkylation sites (tertiary alicyclic amines) is 1. The summed E-state index contributed by atoms with van der Waals surface area (Å²) in [5, 5.41) is 3.86. The van der Waals surface area contributed by atoms with Crippen molar-refractivity contribution in [3.8, 4) is 0 Å². The predicted octanol–water partition coefficient (Wildman–Crippen LogP) is 3.24. The van der Waals surface area contributed by atoms with Gasteiger partial charge in [-0.25, -0.2) is 0 Å². The summed E-state index contributed by atoms with van der Waals surface area (Å²) >= 11 is 0. The van der Waals surface area contributed by atoms with E-state index < -0.39 is 0 Å². The van der Waals surface area contributed by atoms with Gasteiger partial charge in [0, 0.05) is 43.9 Å². The summed E-state index contributed by atoms with van der Waals surface area (Å²) in [5.41, 5.74) is 1.89. The van der Waals surface area contributed by atoms with Crippen molar-refractivity contribution < 1.29 is 9.32 Å². The van der Waals surface area contributed by atoms with Crippen molar-refractivity contribution in [2.75, 3.05) is 31.6 Å². The van der Waals surface area contributed by atoms with E-state index >= 15 is 0 Å². The highest BCUT2D eigenvalue weighted by Crippen LogP contribution is 2.27. The van der Waals surface area contributed by atoms with Crippen LogP contribution in [0.3, 0.4) is 0 Å². The van der Waals surface area contributed by atoms with Gasteiger partial charge in [-0.2, -0.15) is 4.98 Å². The molecule has 1 aliphatic rings. The number of hydrogen-bond donors (Lipinski definition) is 0. The van der Waals surface area contributed by atoms with E-state index in [9.17, 15) is 4.79 Å². The van der Waals surface area contributed by atoms with E-state index in [2.05, 4.69) is 29.0 Å². The highest BCUT2D eigenvalue weighted by Gasteiger charge is 2.27. The van der Waals surface area contributed by atoms with Crippen LogP contribution in [0.1, 0.15) is 54.2 Å². The summed E-state index contributed by atoms with van der Waals surface area (Å²) in [5.74, 6) is 1.73. The highest BCUT2D eigenvalue weighted by atomic mass is 16.5. The molecule has 6 heteroatoms. The molecular formula is C19H26N4O2. The predicted molar refractivity (Wildman–Crippen MR) is 96.9 cm³/mol. The van der Waals surface area contributed by atoms with Gasteiger partial charge in [0.2, 0.25) is 5.89 Å². The maximum absolute atomic E-state index is 12.7. The number of anilines is 1. The van der Waals surface area contributed by atoms with Crippen molar-refractivity contribution >= 4 is 11.6 Å². The molecule has 2 heterocycles. The number of piperidine rings is 1. The fourth-order valence-electron chi connectivity index (χ4n) is 3.31. The van der Waals surface area contributed by atoms with Gasteiger partial charge in [0.1, 0.15) is 0 Å². The van der Waals surface area contributed by atoms with E-state index in [0.717, 1.165) is 50.1 Å². The molecule has 3 rings (SSSR count). The van der Waals surface area contributed by atoms with E-state index in [1.54, 1.807) is 0 Å². The van der Waals surface area contributed by atoms with Gasteiger partial charge in [0.25, 0.3) is 5.91 Å². The van der Waals surface area contributed by atoms with Crippen LogP contribution in [0, 0.1) is 6.92 Å². The van der Waals surface area contributed by atoms with E-state index in [1.165, 1.54) is 0 Å². The van der Waals surface area contributed by atoms with Crippen molar-refractivity contribution in [3.63, 3.8) is 0 Å². The third kappa shape index (κ3) is 4.00. The lowest BCUT2D eigenvalue weighted by molar-refractivity contribution is 0.0704. The van der Waals surface area contributed by atoms with Crippen LogP contribution in [0.15, 0.2) is 28.8 Å². The Hall–Kier alpha value is -2.37. The fourth-order valence-corrected chi connectivity index (χ4v) is 3.31. The minimum absolute atomic E-state index is 0.102. The van der Waals surface area contributed by atoms with Crippen molar-refractivity contribution in [2.24, 2.45) is 0 Å². The van der Waals surface area contributed by atoms with E-state index in [1.807, 2.05) is 36.1 Å². The third-order valence-corrected chi connectivity index (χ3v) is 4.79. The number of amides is 1. The Morgan fingerprint density at radius 2 is 1.96 bits per heavy atom. The van der Waals surface area contributed by atoms with Gasteiger partial charge in [-0.15, -0.1) is 0 Å². The summed E-state index contributed by atoms with van der Waals surface area (Å²) in [6.07, 6.45) is 2.83. The topological polar surface area (TPSA) is 62.5 Å². The van der Waals surface area contributed by atoms with Crippen LogP contribution in [0.4, 0.5) is 5.69 Å². The zero-order valence-corrected chi connectivity index (χ0v) is 15.2. The Morgan fingerprint density at radius 3 is 2.52 bits per heavy atom. The van der Waals surface area contributed by atoms with Crippen LogP contribution >= 0.6 is 0 Å². The first-order valence-corrected chi connectivity index (χ1v) is 8.99. The maximum Gasteiger partial charge on any atom is 0.253 e. The number of hydrogen-bond acceptors (Lipinski definition) is 5. The summed E-state index contributed by atoms with van der Waals surface area (Å²) in [6, 6.07) is 7.91. The lowest BCUT2D eigenvalue weighted by atomic mass is 9.96. The van der Waals surface area contributed by atoms with E-state index in [-0.39, 0.29) is 11.8 Å². The second kappa shape index (κ2) is 7.68. The van der Waals surface area contributed by atoms with Crippen molar-refractivity contribution in [2.45, 2.75) is 39.0 Å². The molecule has 0 aliphatic carbocycles. The molecule has 2 aromatic rings. The molecule has 1 aromatic heterocycles. The molecule has 1 aliphatic heterocycles. The number of carbonyl (C=O) groups excluding carboxylic acids is 1. The number of benzene rings is 1. The highest BCUT2D eigenvalue weighted by molar-refractivity contribution is 5.94. The Bertz CT molecular complexity index is 702. The molecule has 6 nitrogen and oxygen atoms in total. The minimum atomic E-state index is 0.102. The Kier molecular flexibility index (Phi) is 5.36. The lowest BCUT2D eigenvalue weighted by Crippen LogP contribution is -2.38. The first-order valence-electron chi connectivity index (χ1n) is 8.99. The average molecular weight is 342 g/mol. The molecule has 0 saturated carbocycles. The average Bonchev–Trinajstić information content (AvgIpc) is 3.08. The van der Waals surface area contributed by atoms with Crippen LogP contribution in [-0.4, -0.2) is 47.6 Å². The SMILES string of the molecule is CCCN(C)c1ccc(C(=O)N2CCC(c3nc(C)no3)CC2)cc1. The molecule has 1 aromatic carbocycles. The zero-order chi connectivity index (χ0) is 17.8. The van der Waals surface area contributed by atoms with Crippen LogP contribution in [-0.2, 0) is 0 Å². The molecule has 1 saturated heterocycles. The number of aromatic nitrogens is 2. The number of rotatable bonds is 5. The van der Waals surface area contributed by atoms with Gasteiger partial charge in [-0.1, -0.05) is 12.1 Å². The molecule has 0 atom stereocenters. The van der Waals surface area contributed by atoms with Gasteiger partial charge < -0.3 is 14.3 Å². The van der Waals surface area contributed by atoms with Crippen LogP contribution < -0.4 is 4.90 Å². The molecule has 0 bridgehead atoms. The minimum Gasteiger partial charge on any atom is -0.375 e. The molecule has 0 radical (unpaired) electrons. The summed E-state index contributed by atoms with van der Waals surface area (Å²) < 4.78 is 5.27. The quantitative estimate of drug-likeness (QED) is 0.835. The molecule has 1 amide bonds. The molecule has 0 spiro atoms. The van der Waals surface area contributed by atoms with Crippen LogP contribution in [0.2, 0.25) is 0 Å². The zero-order valence-electron chi connectivity index (χ0n) is 15.2. The first-order chi connectivity index (χ1) is 12.1. The molecule has 0 N–H and O–H groups in total. The van der Waals surface area contributed by atoms with Crippen LogP contribution in [0.25, 0.3) is 0 Å². The summed E-state index contributed by atoms with van der Waals surface area (Å²) in [4.78, 5) is 21.2. The number of carbonyl (C=O) groups is 1. The number of aryl methyl sites for hydroxylation is 1. The molecule has 0 unspecified atom stereocenters. The van der Waals surface area contributed by atoms with Crippen molar-refractivity contribution in [1.82, 2.24) is 15.0 Å². The smallest absolute Gasteiger partial charge is 0.253 e. The second-order valence-electron chi connectivity index (χ2n) is 6.71. The monoisotopic (exact) mass is 342 g/mol. The van der Waals surface area contributed by atoms with Gasteiger partial charge in [0.15, 0.2) is 5.82 Å². The van der Waals surface area contributed by atoms with E-state index in [0.29, 0.717) is 11.7 Å². The fraction of sp³-hybridized carbons (Fsp3) is 0.526. The molecular weight excluding hydrogens is 316 g/mol. The Balaban J connectivity index is 1.59. The Labute approximate surface area is 148 Å².